The molecule has 0 aliphatic carbocycles. The molecule has 0 saturated carbocycles. The summed E-state index contributed by atoms with van der Waals surface area (Å²) in [4.78, 5) is 73.1. The van der Waals surface area contributed by atoms with Crippen molar-refractivity contribution in [1.29, 1.82) is 0 Å². The van der Waals surface area contributed by atoms with Crippen molar-refractivity contribution in [2.24, 2.45) is 0 Å². The smallest absolute Gasteiger partial charge is 0.390 e. The van der Waals surface area contributed by atoms with Crippen molar-refractivity contribution in [1.82, 2.24) is 34.5 Å². The van der Waals surface area contributed by atoms with Crippen molar-refractivity contribution in [2.45, 2.75) is 49.4 Å². The number of benzene rings is 1. The van der Waals surface area contributed by atoms with Crippen molar-refractivity contribution < 1.29 is 84.6 Å². The normalized spacial score (nSPS) is 28.3. The number of nitrogens with zero attached hydrogens (tertiary/aromatic N) is 6. The van der Waals surface area contributed by atoms with E-state index in [2.05, 4.69) is 47.6 Å². The van der Waals surface area contributed by atoms with E-state index in [0.29, 0.717) is 5.69 Å². The van der Waals surface area contributed by atoms with Crippen LogP contribution in [0, 0.1) is 0 Å². The number of H-pyrrole nitrogens is 1. The molecule has 56 heavy (non-hydrogen) atoms. The lowest BCUT2D eigenvalue weighted by Gasteiger charge is -2.21. The van der Waals surface area contributed by atoms with Gasteiger partial charge in [0.25, 0.3) is 5.56 Å². The maximum atomic E-state index is 12.5. The van der Waals surface area contributed by atoms with Crippen LogP contribution in [0.15, 0.2) is 58.5 Å². The van der Waals surface area contributed by atoms with Gasteiger partial charge < -0.3 is 49.7 Å². The molecule has 0 radical (unpaired) electrons. The second-order valence-electron chi connectivity index (χ2n) is 11.6. The molecule has 32 heteroatoms. The molecular formula is C24H30N8O20P4. The fraction of sp³-hybridized carbons (Fsp3) is 0.417. The molecule has 6 rings (SSSR count). The third-order valence-corrected chi connectivity index (χ3v) is 13.6. The monoisotopic (exact) mass is 874 g/mol. The number of anilines is 2. The first kappa shape index (κ1) is 42.2. The first-order valence-corrected chi connectivity index (χ1v) is 21.5. The fourth-order valence-electron chi connectivity index (χ4n) is 5.25. The molecule has 4 aromatic rings. The van der Waals surface area contributed by atoms with Crippen LogP contribution in [-0.4, -0.2) is 113 Å². The number of hydrogen-bond donors (Lipinski definition) is 9. The van der Waals surface area contributed by atoms with Gasteiger partial charge in [0.15, 0.2) is 23.2 Å². The Hall–Kier alpha value is -3.46. The number of aromatic amines is 1. The van der Waals surface area contributed by atoms with Gasteiger partial charge in [-0.25, -0.2) is 33.0 Å². The number of phosphoric acid groups is 4. The number of rotatable bonds is 16. The van der Waals surface area contributed by atoms with E-state index < -0.39 is 98.7 Å². The maximum absolute atomic E-state index is 12.5. The summed E-state index contributed by atoms with van der Waals surface area (Å²) >= 11 is 0. The summed E-state index contributed by atoms with van der Waals surface area (Å²) in [6.07, 6.45) is -8.95. The molecule has 28 nitrogen and oxygen atoms in total. The SMILES string of the molecule is O=c1ccn([C@H]2C[C@H](O)[C@@H](COP(=O)(O)OP(=O)(O)OP(=O)(O)OP(=O)(O)OC[C@H]3O[C@@H](n4nnc5c(Nc6ccccc6)ncnc54)[C@H](O)[C@@H]3O)O2)c(=O)[nH]1. The average molecular weight is 874 g/mol. The van der Waals surface area contributed by atoms with Crippen LogP contribution in [0.25, 0.3) is 11.2 Å². The zero-order valence-electron chi connectivity index (χ0n) is 27.7. The molecule has 1 aromatic carbocycles. The summed E-state index contributed by atoms with van der Waals surface area (Å²) in [6, 6.07) is 9.80. The first-order chi connectivity index (χ1) is 26.2. The van der Waals surface area contributed by atoms with Crippen LogP contribution in [0.1, 0.15) is 18.9 Å². The number of aromatic nitrogens is 7. The Morgan fingerprint density at radius 2 is 1.45 bits per heavy atom. The fourth-order valence-corrected chi connectivity index (χ4v) is 10.2. The minimum Gasteiger partial charge on any atom is -0.390 e. The molecule has 0 amide bonds. The largest absolute Gasteiger partial charge is 0.490 e. The summed E-state index contributed by atoms with van der Waals surface area (Å²) in [7, 11) is -23.9. The van der Waals surface area contributed by atoms with Gasteiger partial charge >= 0.3 is 37.0 Å². The quantitative estimate of drug-likeness (QED) is 0.0626. The van der Waals surface area contributed by atoms with Gasteiger partial charge in [0.1, 0.15) is 37.0 Å². The van der Waals surface area contributed by atoms with Gasteiger partial charge in [-0.2, -0.15) is 17.6 Å². The van der Waals surface area contributed by atoms with E-state index in [1.165, 1.54) is 0 Å². The van der Waals surface area contributed by atoms with Crippen LogP contribution < -0.4 is 16.6 Å². The molecular weight excluding hydrogens is 844 g/mol. The van der Waals surface area contributed by atoms with Crippen molar-refractivity contribution >= 4 is 54.0 Å². The number of para-hydroxylation sites is 1. The van der Waals surface area contributed by atoms with Crippen LogP contribution in [0.4, 0.5) is 11.5 Å². The second-order valence-corrected chi connectivity index (χ2v) is 17.9. The van der Waals surface area contributed by atoms with E-state index >= 15 is 0 Å². The van der Waals surface area contributed by atoms with E-state index in [1.807, 2.05) is 4.98 Å². The molecule has 4 unspecified atom stereocenters. The predicted octanol–water partition coefficient (Wildman–Crippen LogP) is -0.733. The van der Waals surface area contributed by atoms with E-state index in [1.54, 1.807) is 30.3 Å². The number of phosphoric ester groups is 2. The Balaban J connectivity index is 1.01. The van der Waals surface area contributed by atoms with Crippen molar-refractivity contribution in [2.75, 3.05) is 18.5 Å². The summed E-state index contributed by atoms with van der Waals surface area (Å²) in [6.45, 7) is -2.17. The average Bonchev–Trinajstić information content (AvgIpc) is 3.77. The molecule has 2 aliphatic rings. The highest BCUT2D eigenvalue weighted by Gasteiger charge is 2.49. The van der Waals surface area contributed by atoms with Gasteiger partial charge in [-0.3, -0.25) is 23.4 Å². The molecule has 5 heterocycles. The molecule has 3 aromatic heterocycles. The molecule has 11 atom stereocenters. The topological polar surface area (TPSA) is 398 Å². The lowest BCUT2D eigenvalue weighted by Crippen LogP contribution is -2.33. The van der Waals surface area contributed by atoms with Crippen LogP contribution in [0.3, 0.4) is 0 Å². The lowest BCUT2D eigenvalue weighted by atomic mass is 10.1. The molecule has 2 aliphatic heterocycles. The predicted molar refractivity (Wildman–Crippen MR) is 179 cm³/mol. The summed E-state index contributed by atoms with van der Waals surface area (Å²) in [5, 5.41) is 42.3. The highest BCUT2D eigenvalue weighted by molar-refractivity contribution is 7.69. The van der Waals surface area contributed by atoms with E-state index in [0.717, 1.165) is 27.8 Å². The van der Waals surface area contributed by atoms with Gasteiger partial charge in [0.05, 0.1) is 19.3 Å². The second kappa shape index (κ2) is 16.4. The molecule has 0 spiro atoms. The van der Waals surface area contributed by atoms with Gasteiger partial charge in [-0.1, -0.05) is 23.4 Å². The van der Waals surface area contributed by atoms with Crippen molar-refractivity contribution in [3.63, 3.8) is 0 Å². The minimum atomic E-state index is -6.20. The molecule has 2 fully saturated rings. The highest BCUT2D eigenvalue weighted by atomic mass is 31.3. The number of nitrogens with one attached hydrogen (secondary N) is 2. The molecule has 0 bridgehead atoms. The van der Waals surface area contributed by atoms with Gasteiger partial charge in [0.2, 0.25) is 0 Å². The Labute approximate surface area is 310 Å². The van der Waals surface area contributed by atoms with Crippen LogP contribution in [0.2, 0.25) is 0 Å². The third-order valence-electron chi connectivity index (χ3n) is 7.66. The van der Waals surface area contributed by atoms with E-state index in [4.69, 9.17) is 9.47 Å². The molecule has 306 valence electrons. The van der Waals surface area contributed by atoms with Crippen molar-refractivity contribution in [3.05, 3.63) is 69.8 Å². The number of aliphatic hydroxyl groups is 3. The molecule has 2 saturated heterocycles. The van der Waals surface area contributed by atoms with E-state index in [9.17, 15) is 62.7 Å². The van der Waals surface area contributed by atoms with Crippen molar-refractivity contribution in [3.8, 4) is 0 Å². The van der Waals surface area contributed by atoms with Gasteiger partial charge in [-0.05, 0) is 12.1 Å². The summed E-state index contributed by atoms with van der Waals surface area (Å²) in [5.74, 6) is 0.221. The molecule has 9 N–H and O–H groups in total. The lowest BCUT2D eigenvalue weighted by molar-refractivity contribution is -0.0566. The third kappa shape index (κ3) is 10.2. The zero-order chi connectivity index (χ0) is 40.6. The number of aliphatic hydroxyl groups excluding tert-OH is 3. The summed E-state index contributed by atoms with van der Waals surface area (Å²) in [5.41, 5.74) is -0.833. The Bertz CT molecular complexity index is 2370. The number of fused-ring (bicyclic) bond motifs is 1. The first-order valence-electron chi connectivity index (χ1n) is 15.5. The maximum Gasteiger partial charge on any atom is 0.490 e. The zero-order valence-corrected chi connectivity index (χ0v) is 31.3. The standard InChI is InChI=1S/C24H30N8O20P4/c33-13-8-17(31-7-6-16(34)28-24(31)37)48-14(13)9-46-53(38,39)50-55(42,43)52-56(44,45)51-54(40,41)47-10-15-19(35)20(36)23(49-15)32-22-18(29-30-32)21(25-11-26-22)27-12-4-2-1-3-5-12/h1-7,11,13-15,17,19-20,23,33,35-36H,8-10H2,(H,38,39)(H,40,41)(H,42,43)(H,44,45)(H,25,26,27)(H,28,34,37)/t13-,14+,15+,17+,19+,20+,23+/m0/s1. The minimum absolute atomic E-state index is 0.0259. The Morgan fingerprint density at radius 1 is 0.821 bits per heavy atom. The van der Waals surface area contributed by atoms with Crippen LogP contribution in [0.5, 0.6) is 0 Å². The van der Waals surface area contributed by atoms with Gasteiger partial charge in [0, 0.05) is 24.4 Å². The summed E-state index contributed by atoms with van der Waals surface area (Å²) < 4.78 is 83.0. The van der Waals surface area contributed by atoms with Crippen LogP contribution >= 0.6 is 31.3 Å². The Kier molecular flexibility index (Phi) is 12.4. The van der Waals surface area contributed by atoms with Crippen LogP contribution in [-0.2, 0) is 49.7 Å². The van der Waals surface area contributed by atoms with Gasteiger partial charge in [-0.15, -0.1) is 5.10 Å². The Morgan fingerprint density at radius 3 is 2.09 bits per heavy atom. The number of hydrogen-bond acceptors (Lipinski definition) is 21. The number of ether oxygens (including phenoxy) is 2. The van der Waals surface area contributed by atoms with E-state index in [-0.39, 0.29) is 23.4 Å². The highest BCUT2D eigenvalue weighted by Crippen LogP contribution is 2.71.